The third-order valence-corrected chi connectivity index (χ3v) is 4.72. The van der Waals surface area contributed by atoms with Crippen LogP contribution in [0.1, 0.15) is 17.1 Å². The summed E-state index contributed by atoms with van der Waals surface area (Å²) in [6.07, 6.45) is 2.06. The summed E-state index contributed by atoms with van der Waals surface area (Å²) in [6, 6.07) is 14.4. The second-order valence-corrected chi connectivity index (χ2v) is 6.57. The first-order chi connectivity index (χ1) is 11.2. The Balaban J connectivity index is 1.59. The molecule has 4 aromatic rings. The molecule has 0 radical (unpaired) electrons. The molecule has 0 atom stereocenters. The average molecular weight is 320 g/mol. The fourth-order valence-corrected chi connectivity index (χ4v) is 3.43. The van der Waals surface area contributed by atoms with Gasteiger partial charge in [-0.15, -0.1) is 0 Å². The highest BCUT2D eigenvalue weighted by atomic mass is 32.2. The highest BCUT2D eigenvalue weighted by Crippen LogP contribution is 2.23. The van der Waals surface area contributed by atoms with Crippen molar-refractivity contribution < 1.29 is 0 Å². The topological polar surface area (TPSA) is 43.1 Å². The van der Waals surface area contributed by atoms with Crippen molar-refractivity contribution >= 4 is 28.4 Å². The molecule has 5 heteroatoms. The van der Waals surface area contributed by atoms with Gasteiger partial charge in [0.2, 0.25) is 5.78 Å². The highest BCUT2D eigenvalue weighted by molar-refractivity contribution is 7.98. The van der Waals surface area contributed by atoms with E-state index in [0.717, 1.165) is 39.2 Å². The van der Waals surface area contributed by atoms with Crippen LogP contribution >= 0.6 is 11.8 Å². The van der Waals surface area contributed by atoms with Crippen molar-refractivity contribution in [3.8, 4) is 0 Å². The van der Waals surface area contributed by atoms with E-state index in [2.05, 4.69) is 52.3 Å². The van der Waals surface area contributed by atoms with Crippen molar-refractivity contribution in [3.63, 3.8) is 0 Å². The van der Waals surface area contributed by atoms with E-state index >= 15 is 0 Å². The summed E-state index contributed by atoms with van der Waals surface area (Å²) in [7, 11) is 0. The maximum absolute atomic E-state index is 4.69. The Labute approximate surface area is 138 Å². The lowest BCUT2D eigenvalue weighted by Crippen LogP contribution is -1.94. The Kier molecular flexibility index (Phi) is 3.50. The van der Waals surface area contributed by atoms with E-state index in [1.165, 1.54) is 5.39 Å². The molecule has 3 heterocycles. The van der Waals surface area contributed by atoms with E-state index in [-0.39, 0.29) is 0 Å². The molecule has 0 amide bonds. The molecule has 0 N–H and O–H groups in total. The predicted octanol–water partition coefficient (Wildman–Crippen LogP) is 4.19. The Hall–Kier alpha value is -2.40. The molecule has 0 aliphatic heterocycles. The van der Waals surface area contributed by atoms with E-state index in [1.54, 1.807) is 11.8 Å². The third-order valence-electron chi connectivity index (χ3n) is 3.75. The van der Waals surface area contributed by atoms with Crippen LogP contribution in [0.3, 0.4) is 0 Å². The van der Waals surface area contributed by atoms with Gasteiger partial charge in [0, 0.05) is 28.7 Å². The molecule has 0 saturated heterocycles. The zero-order chi connectivity index (χ0) is 15.8. The molecule has 1 aromatic carbocycles. The molecule has 0 bridgehead atoms. The van der Waals surface area contributed by atoms with Gasteiger partial charge in [-0.25, -0.2) is 15.0 Å². The molecule has 23 heavy (non-hydrogen) atoms. The standard InChI is InChI=1S/C18H16N4S/c1-12-9-13(2)22-10-15(20-18(22)19-12)11-23-17-8-7-14-5-3-4-6-16(14)21-17/h3-10H,11H2,1-2H3. The number of benzene rings is 1. The quantitative estimate of drug-likeness (QED) is 0.531. The van der Waals surface area contributed by atoms with E-state index in [0.29, 0.717) is 0 Å². The summed E-state index contributed by atoms with van der Waals surface area (Å²) in [6.45, 7) is 4.07. The molecule has 0 aliphatic carbocycles. The molecule has 0 aliphatic rings. The number of fused-ring (bicyclic) bond motifs is 2. The van der Waals surface area contributed by atoms with Gasteiger partial charge in [-0.1, -0.05) is 36.0 Å². The number of hydrogen-bond acceptors (Lipinski definition) is 4. The third kappa shape index (κ3) is 2.80. The van der Waals surface area contributed by atoms with Gasteiger partial charge in [0.25, 0.3) is 0 Å². The van der Waals surface area contributed by atoms with Crippen LogP contribution in [0.4, 0.5) is 0 Å². The Bertz CT molecular complexity index is 1010. The van der Waals surface area contributed by atoms with Crippen molar-refractivity contribution in [1.82, 2.24) is 19.4 Å². The van der Waals surface area contributed by atoms with Crippen molar-refractivity contribution in [2.75, 3.05) is 0 Å². The number of thioether (sulfide) groups is 1. The normalized spacial score (nSPS) is 11.4. The molecule has 4 nitrogen and oxygen atoms in total. The first kappa shape index (κ1) is 14.2. The van der Waals surface area contributed by atoms with Gasteiger partial charge >= 0.3 is 0 Å². The van der Waals surface area contributed by atoms with Crippen LogP contribution in [0.2, 0.25) is 0 Å². The monoisotopic (exact) mass is 320 g/mol. The Morgan fingerprint density at radius 1 is 1.00 bits per heavy atom. The lowest BCUT2D eigenvalue weighted by atomic mass is 10.2. The van der Waals surface area contributed by atoms with Crippen molar-refractivity contribution in [1.29, 1.82) is 0 Å². The van der Waals surface area contributed by atoms with Gasteiger partial charge in [0.1, 0.15) is 0 Å². The van der Waals surface area contributed by atoms with Crippen molar-refractivity contribution in [2.24, 2.45) is 0 Å². The number of imidazole rings is 1. The summed E-state index contributed by atoms with van der Waals surface area (Å²) in [5.74, 6) is 1.55. The molecule has 0 unspecified atom stereocenters. The van der Waals surface area contributed by atoms with Gasteiger partial charge in [0.15, 0.2) is 0 Å². The largest absolute Gasteiger partial charge is 0.288 e. The molecule has 114 valence electrons. The summed E-state index contributed by atoms with van der Waals surface area (Å²) in [4.78, 5) is 13.8. The molecule has 0 fully saturated rings. The number of pyridine rings is 1. The van der Waals surface area contributed by atoms with Crippen LogP contribution in [-0.4, -0.2) is 19.4 Å². The van der Waals surface area contributed by atoms with Crippen molar-refractivity contribution in [2.45, 2.75) is 24.6 Å². The lowest BCUT2D eigenvalue weighted by Gasteiger charge is -2.01. The lowest BCUT2D eigenvalue weighted by molar-refractivity contribution is 1.01. The van der Waals surface area contributed by atoms with Crippen LogP contribution in [0, 0.1) is 13.8 Å². The highest BCUT2D eigenvalue weighted by Gasteiger charge is 2.07. The van der Waals surface area contributed by atoms with Crippen LogP contribution in [0.15, 0.2) is 53.7 Å². The molecular weight excluding hydrogens is 304 g/mol. The number of rotatable bonds is 3. The van der Waals surface area contributed by atoms with Gasteiger partial charge < -0.3 is 0 Å². The SMILES string of the molecule is Cc1cc(C)n2cc(CSc3ccc4ccccc4n3)nc2n1. The van der Waals surface area contributed by atoms with Crippen molar-refractivity contribution in [3.05, 3.63) is 65.7 Å². The molecule has 0 saturated carbocycles. The predicted molar refractivity (Wildman–Crippen MR) is 93.8 cm³/mol. The minimum absolute atomic E-state index is 0.768. The smallest absolute Gasteiger partial charge is 0.234 e. The summed E-state index contributed by atoms with van der Waals surface area (Å²) >= 11 is 1.70. The first-order valence-corrected chi connectivity index (χ1v) is 8.48. The second kappa shape index (κ2) is 5.66. The second-order valence-electron chi connectivity index (χ2n) is 5.57. The molecule has 0 spiro atoms. The van der Waals surface area contributed by atoms with Gasteiger partial charge in [-0.05, 0) is 32.0 Å². The zero-order valence-electron chi connectivity index (χ0n) is 13.0. The maximum Gasteiger partial charge on any atom is 0.234 e. The maximum atomic E-state index is 4.69. The minimum atomic E-state index is 0.768. The van der Waals surface area contributed by atoms with Crippen LogP contribution in [-0.2, 0) is 5.75 Å². The fourth-order valence-electron chi connectivity index (χ4n) is 2.66. The molecular formula is C18H16N4S. The minimum Gasteiger partial charge on any atom is -0.288 e. The Morgan fingerprint density at radius 3 is 2.78 bits per heavy atom. The van der Waals surface area contributed by atoms with Crippen LogP contribution in [0.5, 0.6) is 0 Å². The van der Waals surface area contributed by atoms with Crippen LogP contribution < -0.4 is 0 Å². The van der Waals surface area contributed by atoms with Crippen LogP contribution in [0.25, 0.3) is 16.7 Å². The number of nitrogens with zero attached hydrogens (tertiary/aromatic N) is 4. The molecule has 3 aromatic heterocycles. The van der Waals surface area contributed by atoms with E-state index < -0.39 is 0 Å². The van der Waals surface area contributed by atoms with Gasteiger partial charge in [0.05, 0.1) is 16.2 Å². The van der Waals surface area contributed by atoms with Gasteiger partial charge in [-0.2, -0.15) is 0 Å². The Morgan fingerprint density at radius 2 is 1.87 bits per heavy atom. The zero-order valence-corrected chi connectivity index (χ0v) is 13.8. The van der Waals surface area contributed by atoms with E-state index in [9.17, 15) is 0 Å². The number of aromatic nitrogens is 4. The molecule has 4 rings (SSSR count). The fraction of sp³-hybridized carbons (Fsp3) is 0.167. The summed E-state index contributed by atoms with van der Waals surface area (Å²) in [5.41, 5.74) is 4.20. The number of aryl methyl sites for hydroxylation is 2. The average Bonchev–Trinajstić information content (AvgIpc) is 2.96. The van der Waals surface area contributed by atoms with E-state index in [4.69, 9.17) is 0 Å². The number of para-hydroxylation sites is 1. The number of hydrogen-bond donors (Lipinski definition) is 0. The van der Waals surface area contributed by atoms with E-state index in [1.807, 2.05) is 29.5 Å². The van der Waals surface area contributed by atoms with Gasteiger partial charge in [-0.3, -0.25) is 4.40 Å². The summed E-state index contributed by atoms with van der Waals surface area (Å²) < 4.78 is 2.04. The summed E-state index contributed by atoms with van der Waals surface area (Å²) in [5, 5.41) is 2.18. The first-order valence-electron chi connectivity index (χ1n) is 7.50.